The van der Waals surface area contributed by atoms with E-state index in [9.17, 15) is 0 Å². The Morgan fingerprint density at radius 3 is 2.44 bits per heavy atom. The normalized spacial score (nSPS) is 29.8. The van der Waals surface area contributed by atoms with Crippen LogP contribution in [0.15, 0.2) is 0 Å². The van der Waals surface area contributed by atoms with Crippen LogP contribution in [0.5, 0.6) is 0 Å². The number of hydrogen-bond donors (Lipinski definition) is 1. The molecule has 2 aliphatic heterocycles. The minimum atomic E-state index is 0.718. The predicted octanol–water partition coefficient (Wildman–Crippen LogP) is 1.15. The number of nitrogens with one attached hydrogen (secondary N) is 1. The largest absolute Gasteiger partial charge is 0.313 e. The lowest BCUT2D eigenvalue weighted by Gasteiger charge is -2.39. The van der Waals surface area contributed by atoms with Gasteiger partial charge in [-0.2, -0.15) is 0 Å². The fourth-order valence-electron chi connectivity index (χ4n) is 2.85. The zero-order valence-corrected chi connectivity index (χ0v) is 10.9. The average Bonchev–Trinajstić information content (AvgIpc) is 2.31. The molecular formula is C13H27N3. The number of piperazine rings is 1. The highest BCUT2D eigenvalue weighted by Crippen LogP contribution is 2.11. The molecule has 0 spiro atoms. The highest BCUT2D eigenvalue weighted by Gasteiger charge is 2.21. The van der Waals surface area contributed by atoms with E-state index in [1.165, 1.54) is 58.5 Å². The Morgan fingerprint density at radius 1 is 1.12 bits per heavy atom. The number of rotatable bonds is 3. The van der Waals surface area contributed by atoms with Crippen molar-refractivity contribution in [1.29, 1.82) is 0 Å². The average molecular weight is 225 g/mol. The summed E-state index contributed by atoms with van der Waals surface area (Å²) >= 11 is 0. The van der Waals surface area contributed by atoms with Crippen molar-refractivity contribution in [2.45, 2.75) is 45.2 Å². The van der Waals surface area contributed by atoms with Crippen LogP contribution in [0.3, 0.4) is 0 Å². The van der Waals surface area contributed by atoms with Gasteiger partial charge in [-0.25, -0.2) is 0 Å². The molecule has 16 heavy (non-hydrogen) atoms. The molecule has 0 aliphatic carbocycles. The van der Waals surface area contributed by atoms with Crippen LogP contribution >= 0.6 is 0 Å². The Labute approximate surface area is 100 Å². The number of hydrogen-bond acceptors (Lipinski definition) is 3. The first-order valence-electron chi connectivity index (χ1n) is 6.95. The van der Waals surface area contributed by atoms with Crippen molar-refractivity contribution < 1.29 is 0 Å². The molecule has 3 nitrogen and oxygen atoms in total. The van der Waals surface area contributed by atoms with E-state index < -0.39 is 0 Å². The maximum absolute atomic E-state index is 3.65. The van der Waals surface area contributed by atoms with Crippen molar-refractivity contribution >= 4 is 0 Å². The third kappa shape index (κ3) is 3.44. The van der Waals surface area contributed by atoms with Gasteiger partial charge >= 0.3 is 0 Å². The van der Waals surface area contributed by atoms with Gasteiger partial charge in [0.15, 0.2) is 0 Å². The maximum Gasteiger partial charge on any atom is 0.0195 e. The molecule has 2 aliphatic rings. The maximum atomic E-state index is 3.65. The first kappa shape index (κ1) is 12.3. The van der Waals surface area contributed by atoms with Crippen molar-refractivity contribution in [3.8, 4) is 0 Å². The summed E-state index contributed by atoms with van der Waals surface area (Å²) in [6.45, 7) is 12.1. The van der Waals surface area contributed by atoms with E-state index >= 15 is 0 Å². The molecule has 0 aromatic carbocycles. The summed E-state index contributed by atoms with van der Waals surface area (Å²) in [5.74, 6) is 0. The Kier molecular flexibility index (Phi) is 4.62. The molecule has 0 amide bonds. The summed E-state index contributed by atoms with van der Waals surface area (Å²) in [6.07, 6.45) is 4.17. The fourth-order valence-corrected chi connectivity index (χ4v) is 2.85. The second kappa shape index (κ2) is 5.99. The molecular weight excluding hydrogens is 198 g/mol. The summed E-state index contributed by atoms with van der Waals surface area (Å²) in [5.41, 5.74) is 0. The van der Waals surface area contributed by atoms with Crippen molar-refractivity contribution in [3.63, 3.8) is 0 Å². The van der Waals surface area contributed by atoms with Gasteiger partial charge in [-0.15, -0.1) is 0 Å². The molecule has 0 bridgehead atoms. The van der Waals surface area contributed by atoms with Crippen LogP contribution in [0, 0.1) is 0 Å². The van der Waals surface area contributed by atoms with E-state index in [-0.39, 0.29) is 0 Å². The van der Waals surface area contributed by atoms with Crippen LogP contribution < -0.4 is 5.32 Å². The Morgan fingerprint density at radius 2 is 1.88 bits per heavy atom. The quantitative estimate of drug-likeness (QED) is 0.777. The second-order valence-corrected chi connectivity index (χ2v) is 5.58. The van der Waals surface area contributed by atoms with Crippen LogP contribution in [0.1, 0.15) is 33.1 Å². The third-order valence-electron chi connectivity index (χ3n) is 4.03. The molecule has 2 rings (SSSR count). The van der Waals surface area contributed by atoms with Gasteiger partial charge in [0.1, 0.15) is 0 Å². The van der Waals surface area contributed by atoms with Gasteiger partial charge in [0.25, 0.3) is 0 Å². The highest BCUT2D eigenvalue weighted by atomic mass is 15.3. The standard InChI is InChI=1S/C13H27N3/c1-12(2)16-9-7-15(8-10-16)11-13-5-3-4-6-14-13/h12-14H,3-11H2,1-2H3/t13-/m0/s1. The highest BCUT2D eigenvalue weighted by molar-refractivity contribution is 4.80. The van der Waals surface area contributed by atoms with Gasteiger partial charge in [0, 0.05) is 44.8 Å². The molecule has 0 unspecified atom stereocenters. The zero-order valence-electron chi connectivity index (χ0n) is 10.9. The van der Waals surface area contributed by atoms with Crippen LogP contribution in [0.2, 0.25) is 0 Å². The van der Waals surface area contributed by atoms with Crippen LogP contribution in [0.25, 0.3) is 0 Å². The van der Waals surface area contributed by atoms with E-state index in [0.29, 0.717) is 0 Å². The zero-order chi connectivity index (χ0) is 11.4. The molecule has 0 saturated carbocycles. The Balaban J connectivity index is 1.68. The summed E-state index contributed by atoms with van der Waals surface area (Å²) in [7, 11) is 0. The summed E-state index contributed by atoms with van der Waals surface area (Å²) in [4.78, 5) is 5.23. The van der Waals surface area contributed by atoms with Gasteiger partial charge in [0.2, 0.25) is 0 Å². The van der Waals surface area contributed by atoms with Gasteiger partial charge in [-0.3, -0.25) is 9.80 Å². The van der Waals surface area contributed by atoms with Crippen molar-refractivity contribution in [1.82, 2.24) is 15.1 Å². The van der Waals surface area contributed by atoms with Gasteiger partial charge in [-0.05, 0) is 33.2 Å². The van der Waals surface area contributed by atoms with E-state index in [1.54, 1.807) is 0 Å². The van der Waals surface area contributed by atoms with Crippen LogP contribution in [-0.2, 0) is 0 Å². The summed E-state index contributed by atoms with van der Waals surface area (Å²) < 4.78 is 0. The lowest BCUT2D eigenvalue weighted by atomic mass is 10.0. The molecule has 3 heteroatoms. The van der Waals surface area contributed by atoms with E-state index in [0.717, 1.165) is 12.1 Å². The molecule has 0 radical (unpaired) electrons. The minimum absolute atomic E-state index is 0.718. The van der Waals surface area contributed by atoms with Crippen molar-refractivity contribution in [2.24, 2.45) is 0 Å². The topological polar surface area (TPSA) is 18.5 Å². The predicted molar refractivity (Wildman–Crippen MR) is 68.8 cm³/mol. The molecule has 2 saturated heterocycles. The number of piperidine rings is 1. The SMILES string of the molecule is CC(C)N1CCN(C[C@@H]2CCCCN2)CC1. The first-order valence-corrected chi connectivity index (χ1v) is 6.95. The number of nitrogens with zero attached hydrogens (tertiary/aromatic N) is 2. The Hall–Kier alpha value is -0.120. The fraction of sp³-hybridized carbons (Fsp3) is 1.00. The van der Waals surface area contributed by atoms with Crippen LogP contribution in [0.4, 0.5) is 0 Å². The van der Waals surface area contributed by atoms with Crippen molar-refractivity contribution in [3.05, 3.63) is 0 Å². The second-order valence-electron chi connectivity index (χ2n) is 5.58. The molecule has 2 fully saturated rings. The molecule has 94 valence electrons. The van der Waals surface area contributed by atoms with Gasteiger partial charge < -0.3 is 5.32 Å². The first-order chi connectivity index (χ1) is 7.75. The van der Waals surface area contributed by atoms with Crippen molar-refractivity contribution in [2.75, 3.05) is 39.3 Å². The van der Waals surface area contributed by atoms with Gasteiger partial charge in [0.05, 0.1) is 0 Å². The molecule has 1 atom stereocenters. The lowest BCUT2D eigenvalue weighted by Crippen LogP contribution is -2.52. The van der Waals surface area contributed by atoms with Crippen LogP contribution in [-0.4, -0.2) is 61.2 Å². The van der Waals surface area contributed by atoms with Gasteiger partial charge in [-0.1, -0.05) is 6.42 Å². The summed E-state index contributed by atoms with van der Waals surface area (Å²) in [6, 6.07) is 1.48. The van der Waals surface area contributed by atoms with E-state index in [4.69, 9.17) is 0 Å². The minimum Gasteiger partial charge on any atom is -0.313 e. The monoisotopic (exact) mass is 225 g/mol. The van der Waals surface area contributed by atoms with E-state index in [2.05, 4.69) is 29.0 Å². The lowest BCUT2D eigenvalue weighted by molar-refractivity contribution is 0.0981. The Bertz CT molecular complexity index is 191. The molecule has 1 N–H and O–H groups in total. The molecule has 2 heterocycles. The third-order valence-corrected chi connectivity index (χ3v) is 4.03. The molecule has 0 aromatic heterocycles. The van der Waals surface area contributed by atoms with E-state index in [1.807, 2.05) is 0 Å². The summed E-state index contributed by atoms with van der Waals surface area (Å²) in [5, 5.41) is 3.65. The smallest absolute Gasteiger partial charge is 0.0195 e. The molecule has 0 aromatic rings.